The van der Waals surface area contributed by atoms with Crippen LogP contribution in [0.1, 0.15) is 36.9 Å². The Morgan fingerprint density at radius 2 is 2.38 bits per heavy atom. The zero-order chi connectivity index (χ0) is 9.26. The van der Waals surface area contributed by atoms with Crippen molar-refractivity contribution in [1.29, 1.82) is 0 Å². The van der Waals surface area contributed by atoms with Crippen molar-refractivity contribution in [3.8, 4) is 0 Å². The molecule has 1 atom stereocenters. The van der Waals surface area contributed by atoms with E-state index >= 15 is 0 Å². The van der Waals surface area contributed by atoms with Gasteiger partial charge in [-0.2, -0.15) is 0 Å². The zero-order valence-corrected chi connectivity index (χ0v) is 8.29. The SMILES string of the molecule is CC(CN)c1cc2n(c1)CCCC2. The lowest BCUT2D eigenvalue weighted by Crippen LogP contribution is -2.08. The van der Waals surface area contributed by atoms with Crippen LogP contribution < -0.4 is 5.73 Å². The second kappa shape index (κ2) is 3.54. The molecular formula is C11H18N2. The third-order valence-electron chi connectivity index (χ3n) is 3.01. The van der Waals surface area contributed by atoms with Crippen molar-refractivity contribution in [2.75, 3.05) is 6.54 Å². The second-order valence-electron chi connectivity index (χ2n) is 4.05. The van der Waals surface area contributed by atoms with E-state index in [4.69, 9.17) is 5.73 Å². The molecule has 2 nitrogen and oxygen atoms in total. The highest BCUT2D eigenvalue weighted by atomic mass is 15.0. The van der Waals surface area contributed by atoms with E-state index in [0.29, 0.717) is 5.92 Å². The molecule has 1 aromatic rings. The quantitative estimate of drug-likeness (QED) is 0.736. The molecule has 13 heavy (non-hydrogen) atoms. The molecule has 1 unspecified atom stereocenters. The Labute approximate surface area is 79.7 Å². The molecule has 2 heterocycles. The monoisotopic (exact) mass is 178 g/mol. The maximum absolute atomic E-state index is 5.65. The van der Waals surface area contributed by atoms with Crippen LogP contribution in [0.3, 0.4) is 0 Å². The molecule has 0 saturated heterocycles. The molecule has 2 heteroatoms. The minimum absolute atomic E-state index is 0.512. The minimum Gasteiger partial charge on any atom is -0.351 e. The van der Waals surface area contributed by atoms with Gasteiger partial charge in [0.05, 0.1) is 0 Å². The molecule has 0 aliphatic carbocycles. The van der Waals surface area contributed by atoms with E-state index in [1.165, 1.54) is 37.1 Å². The number of hydrogen-bond donors (Lipinski definition) is 1. The summed E-state index contributed by atoms with van der Waals surface area (Å²) in [4.78, 5) is 0. The number of nitrogens with zero attached hydrogens (tertiary/aromatic N) is 1. The van der Waals surface area contributed by atoms with Crippen LogP contribution in [0.15, 0.2) is 12.3 Å². The smallest absolute Gasteiger partial charge is 0.0222 e. The lowest BCUT2D eigenvalue weighted by molar-refractivity contribution is 0.532. The molecular weight excluding hydrogens is 160 g/mol. The van der Waals surface area contributed by atoms with Gasteiger partial charge in [-0.1, -0.05) is 6.92 Å². The molecule has 0 amide bonds. The topological polar surface area (TPSA) is 30.9 Å². The molecule has 0 saturated carbocycles. The number of aryl methyl sites for hydroxylation is 2. The predicted molar refractivity (Wildman–Crippen MR) is 54.8 cm³/mol. The zero-order valence-electron chi connectivity index (χ0n) is 8.29. The van der Waals surface area contributed by atoms with Gasteiger partial charge in [0.15, 0.2) is 0 Å². The van der Waals surface area contributed by atoms with Gasteiger partial charge in [0, 0.05) is 18.4 Å². The van der Waals surface area contributed by atoms with E-state index in [9.17, 15) is 0 Å². The first-order chi connectivity index (χ1) is 6.31. The maximum atomic E-state index is 5.65. The van der Waals surface area contributed by atoms with Crippen molar-refractivity contribution < 1.29 is 0 Å². The first-order valence-corrected chi connectivity index (χ1v) is 5.20. The second-order valence-corrected chi connectivity index (χ2v) is 4.05. The number of aromatic nitrogens is 1. The van der Waals surface area contributed by atoms with Crippen molar-refractivity contribution >= 4 is 0 Å². The summed E-state index contributed by atoms with van der Waals surface area (Å²) >= 11 is 0. The maximum Gasteiger partial charge on any atom is 0.0222 e. The van der Waals surface area contributed by atoms with Crippen molar-refractivity contribution in [2.24, 2.45) is 5.73 Å². The van der Waals surface area contributed by atoms with Crippen LogP contribution in [0.4, 0.5) is 0 Å². The van der Waals surface area contributed by atoms with Gasteiger partial charge in [-0.25, -0.2) is 0 Å². The average Bonchev–Trinajstić information content (AvgIpc) is 2.59. The highest BCUT2D eigenvalue weighted by Gasteiger charge is 2.12. The summed E-state index contributed by atoms with van der Waals surface area (Å²) in [5.41, 5.74) is 8.57. The van der Waals surface area contributed by atoms with Gasteiger partial charge >= 0.3 is 0 Å². The Balaban J connectivity index is 2.25. The summed E-state index contributed by atoms with van der Waals surface area (Å²) in [6.07, 6.45) is 6.21. The van der Waals surface area contributed by atoms with Crippen molar-refractivity contribution in [1.82, 2.24) is 4.57 Å². The van der Waals surface area contributed by atoms with E-state index < -0.39 is 0 Å². The molecule has 1 aromatic heterocycles. The fourth-order valence-electron chi connectivity index (χ4n) is 1.99. The number of hydrogen-bond acceptors (Lipinski definition) is 1. The summed E-state index contributed by atoms with van der Waals surface area (Å²) in [5.74, 6) is 0.512. The van der Waals surface area contributed by atoms with Crippen molar-refractivity contribution in [2.45, 2.75) is 38.6 Å². The Bertz CT molecular complexity index is 265. The molecule has 1 aliphatic heterocycles. The highest BCUT2D eigenvalue weighted by Crippen LogP contribution is 2.22. The summed E-state index contributed by atoms with van der Waals surface area (Å²) in [6, 6.07) is 2.33. The first-order valence-electron chi connectivity index (χ1n) is 5.20. The molecule has 0 bridgehead atoms. The summed E-state index contributed by atoms with van der Waals surface area (Å²) in [5, 5.41) is 0. The largest absolute Gasteiger partial charge is 0.351 e. The van der Waals surface area contributed by atoms with Gasteiger partial charge in [-0.15, -0.1) is 0 Å². The molecule has 2 rings (SSSR count). The van der Waals surface area contributed by atoms with Gasteiger partial charge in [-0.05, 0) is 43.4 Å². The minimum atomic E-state index is 0.512. The molecule has 72 valence electrons. The van der Waals surface area contributed by atoms with E-state index in [1.54, 1.807) is 0 Å². The molecule has 1 aliphatic rings. The van der Waals surface area contributed by atoms with Crippen molar-refractivity contribution in [3.63, 3.8) is 0 Å². The average molecular weight is 178 g/mol. The van der Waals surface area contributed by atoms with E-state index in [0.717, 1.165) is 6.54 Å². The van der Waals surface area contributed by atoms with Gasteiger partial charge in [0.25, 0.3) is 0 Å². The predicted octanol–water partition coefficient (Wildman–Crippen LogP) is 1.89. The number of fused-ring (bicyclic) bond motifs is 1. The summed E-state index contributed by atoms with van der Waals surface area (Å²) in [6.45, 7) is 4.15. The van der Waals surface area contributed by atoms with Gasteiger partial charge in [-0.3, -0.25) is 0 Å². The highest BCUT2D eigenvalue weighted by molar-refractivity contribution is 5.23. The lowest BCUT2D eigenvalue weighted by atomic mass is 10.0. The summed E-state index contributed by atoms with van der Waals surface area (Å²) in [7, 11) is 0. The third-order valence-corrected chi connectivity index (χ3v) is 3.01. The van der Waals surface area contributed by atoms with E-state index in [1.807, 2.05) is 0 Å². The van der Waals surface area contributed by atoms with Crippen LogP contribution >= 0.6 is 0 Å². The third kappa shape index (κ3) is 1.63. The number of rotatable bonds is 2. The summed E-state index contributed by atoms with van der Waals surface area (Å²) < 4.78 is 2.39. The molecule has 2 N–H and O–H groups in total. The van der Waals surface area contributed by atoms with Crippen LogP contribution in [0.25, 0.3) is 0 Å². The van der Waals surface area contributed by atoms with Crippen LogP contribution in [0.2, 0.25) is 0 Å². The fraction of sp³-hybridized carbons (Fsp3) is 0.636. The Hall–Kier alpha value is -0.760. The van der Waals surface area contributed by atoms with Gasteiger partial charge in [0.2, 0.25) is 0 Å². The van der Waals surface area contributed by atoms with Gasteiger partial charge < -0.3 is 10.3 Å². The number of nitrogens with two attached hydrogens (primary N) is 1. The molecule has 0 fully saturated rings. The van der Waals surface area contributed by atoms with E-state index in [2.05, 4.69) is 23.8 Å². The van der Waals surface area contributed by atoms with Crippen LogP contribution in [0, 0.1) is 0 Å². The Morgan fingerprint density at radius 1 is 1.54 bits per heavy atom. The van der Waals surface area contributed by atoms with Crippen LogP contribution in [-0.2, 0) is 13.0 Å². The van der Waals surface area contributed by atoms with Crippen LogP contribution in [-0.4, -0.2) is 11.1 Å². The van der Waals surface area contributed by atoms with Crippen LogP contribution in [0.5, 0.6) is 0 Å². The van der Waals surface area contributed by atoms with Crippen molar-refractivity contribution in [3.05, 3.63) is 23.5 Å². The first kappa shape index (κ1) is 8.82. The fourth-order valence-corrected chi connectivity index (χ4v) is 1.99. The van der Waals surface area contributed by atoms with Gasteiger partial charge in [0.1, 0.15) is 0 Å². The Kier molecular flexibility index (Phi) is 2.40. The molecule has 0 spiro atoms. The molecule has 0 radical (unpaired) electrons. The normalized spacial score (nSPS) is 18.3. The lowest BCUT2D eigenvalue weighted by Gasteiger charge is -2.13. The standard InChI is InChI=1S/C11H18N2/c1-9(7-12)10-6-11-4-2-3-5-13(11)8-10/h6,8-9H,2-5,7,12H2,1H3. The van der Waals surface area contributed by atoms with E-state index in [-0.39, 0.29) is 0 Å². The molecule has 0 aromatic carbocycles. The Morgan fingerprint density at radius 3 is 3.08 bits per heavy atom.